The van der Waals surface area contributed by atoms with Gasteiger partial charge in [0.15, 0.2) is 0 Å². The maximum atomic E-state index is 14.7. The molecule has 33 heavy (non-hydrogen) atoms. The Hall–Kier alpha value is -3.47. The van der Waals surface area contributed by atoms with E-state index in [4.69, 9.17) is 11.6 Å². The van der Waals surface area contributed by atoms with Crippen LogP contribution in [0.25, 0.3) is 10.9 Å². The summed E-state index contributed by atoms with van der Waals surface area (Å²) in [6.07, 6.45) is -5.16. The van der Waals surface area contributed by atoms with Gasteiger partial charge in [0.1, 0.15) is 16.8 Å². The first-order valence-corrected chi connectivity index (χ1v) is 9.85. The second-order valence-corrected chi connectivity index (χ2v) is 7.80. The predicted octanol–water partition coefficient (Wildman–Crippen LogP) is 5.03. The van der Waals surface area contributed by atoms with Gasteiger partial charge in [0, 0.05) is 35.1 Å². The summed E-state index contributed by atoms with van der Waals surface area (Å²) in [5, 5.41) is 11.5. The molecule has 1 unspecified atom stereocenters. The number of H-pyrrole nitrogens is 1. The van der Waals surface area contributed by atoms with E-state index in [1.165, 1.54) is 13.0 Å². The fourth-order valence-electron chi connectivity index (χ4n) is 3.74. The molecule has 1 aliphatic rings. The number of carbonyl (C=O) groups is 2. The monoisotopic (exact) mass is 484 g/mol. The Labute approximate surface area is 187 Å². The summed E-state index contributed by atoms with van der Waals surface area (Å²) in [6, 6.07) is 4.16. The summed E-state index contributed by atoms with van der Waals surface area (Å²) < 4.78 is 67.9. The van der Waals surface area contributed by atoms with Gasteiger partial charge < -0.3 is 10.6 Å². The number of allylic oxidation sites excluding steroid dienone is 1. The molecule has 12 heteroatoms. The van der Waals surface area contributed by atoms with Crippen LogP contribution in [0.2, 0.25) is 5.15 Å². The fourth-order valence-corrected chi connectivity index (χ4v) is 3.94. The molecule has 1 atom stereocenters. The van der Waals surface area contributed by atoms with E-state index in [0.29, 0.717) is 17.5 Å². The zero-order valence-electron chi connectivity index (χ0n) is 16.7. The first-order valence-electron chi connectivity index (χ1n) is 9.47. The Morgan fingerprint density at radius 1 is 1.18 bits per heavy atom. The highest BCUT2D eigenvalue weighted by molar-refractivity contribution is 6.34. The fraction of sp³-hybridized carbons (Fsp3) is 0.190. The normalized spacial score (nSPS) is 16.8. The van der Waals surface area contributed by atoms with E-state index in [1.54, 1.807) is 0 Å². The molecule has 1 aromatic heterocycles. The molecule has 0 spiro atoms. The van der Waals surface area contributed by atoms with Gasteiger partial charge in [-0.1, -0.05) is 17.7 Å². The number of alkyl halides is 3. The smallest absolute Gasteiger partial charge is 0.330 e. The van der Waals surface area contributed by atoms with E-state index >= 15 is 0 Å². The predicted molar refractivity (Wildman–Crippen MR) is 109 cm³/mol. The first kappa shape index (κ1) is 22.7. The number of anilines is 1. The van der Waals surface area contributed by atoms with E-state index in [9.17, 15) is 31.5 Å². The van der Waals surface area contributed by atoms with E-state index in [0.717, 1.165) is 12.1 Å². The number of rotatable bonds is 3. The number of hydrogen-bond donors (Lipinski definition) is 3. The van der Waals surface area contributed by atoms with Gasteiger partial charge in [0.2, 0.25) is 5.91 Å². The van der Waals surface area contributed by atoms with Gasteiger partial charge in [-0.05, 0) is 30.7 Å². The van der Waals surface area contributed by atoms with Crippen LogP contribution in [0, 0.1) is 11.6 Å². The minimum Gasteiger partial charge on any atom is -0.330 e. The number of amides is 2. The van der Waals surface area contributed by atoms with Gasteiger partial charge in [-0.3, -0.25) is 14.7 Å². The lowest BCUT2D eigenvalue weighted by Crippen LogP contribution is -2.35. The largest absolute Gasteiger partial charge is 0.416 e. The van der Waals surface area contributed by atoms with Crippen molar-refractivity contribution in [2.24, 2.45) is 0 Å². The van der Waals surface area contributed by atoms with Crippen molar-refractivity contribution < 1.29 is 31.5 Å². The zero-order chi connectivity index (χ0) is 24.1. The number of fused-ring (bicyclic) bond motifs is 1. The second kappa shape index (κ2) is 8.14. The standard InChI is InChI=1S/C21H14ClF5N4O2/c1-8-18(20(33)29-16-5-12-15(7-14(16)24)30-31-19(12)22)11(6-17(32)28-8)10-3-2-9(4-13(10)23)21(25,26)27/h2-5,7,11H,6H2,1H3,(H,28,32)(H,29,33)(H,30,31). The number of nitrogens with zero attached hydrogens (tertiary/aromatic N) is 1. The molecule has 2 aromatic carbocycles. The number of aromatic amines is 1. The Morgan fingerprint density at radius 2 is 1.91 bits per heavy atom. The average molecular weight is 485 g/mol. The molecule has 0 saturated heterocycles. The van der Waals surface area contributed by atoms with Crippen LogP contribution in [0.5, 0.6) is 0 Å². The van der Waals surface area contributed by atoms with E-state index in [-0.39, 0.29) is 33.2 Å². The minimum absolute atomic E-state index is 0.0656. The van der Waals surface area contributed by atoms with Crippen molar-refractivity contribution in [2.45, 2.75) is 25.4 Å². The topological polar surface area (TPSA) is 86.9 Å². The number of hydrogen-bond acceptors (Lipinski definition) is 3. The van der Waals surface area contributed by atoms with Crippen LogP contribution in [0.4, 0.5) is 27.6 Å². The van der Waals surface area contributed by atoms with Crippen LogP contribution < -0.4 is 10.6 Å². The van der Waals surface area contributed by atoms with Crippen LogP contribution in [0.15, 0.2) is 41.6 Å². The first-order chi connectivity index (χ1) is 15.5. The molecule has 2 amide bonds. The lowest BCUT2D eigenvalue weighted by atomic mass is 9.83. The van der Waals surface area contributed by atoms with Crippen molar-refractivity contribution in [1.82, 2.24) is 15.5 Å². The Morgan fingerprint density at radius 3 is 2.58 bits per heavy atom. The molecule has 0 radical (unpaired) electrons. The molecule has 4 rings (SSSR count). The number of aromatic nitrogens is 2. The molecule has 3 aromatic rings. The van der Waals surface area contributed by atoms with E-state index < -0.39 is 47.5 Å². The highest BCUT2D eigenvalue weighted by Crippen LogP contribution is 2.38. The molecule has 172 valence electrons. The summed E-state index contributed by atoms with van der Waals surface area (Å²) in [5.74, 6) is -4.65. The summed E-state index contributed by atoms with van der Waals surface area (Å²) in [4.78, 5) is 25.1. The summed E-state index contributed by atoms with van der Waals surface area (Å²) in [6.45, 7) is 1.38. The molecule has 0 bridgehead atoms. The molecule has 0 aliphatic carbocycles. The second-order valence-electron chi connectivity index (χ2n) is 7.42. The maximum Gasteiger partial charge on any atom is 0.416 e. The average Bonchev–Trinajstić information content (AvgIpc) is 3.06. The molecular weight excluding hydrogens is 471 g/mol. The van der Waals surface area contributed by atoms with Crippen molar-refractivity contribution in [3.05, 3.63) is 69.5 Å². The molecule has 3 N–H and O–H groups in total. The summed E-state index contributed by atoms with van der Waals surface area (Å²) >= 11 is 5.96. The van der Waals surface area contributed by atoms with Gasteiger partial charge >= 0.3 is 6.18 Å². The van der Waals surface area contributed by atoms with Crippen molar-refractivity contribution in [2.75, 3.05) is 5.32 Å². The zero-order valence-corrected chi connectivity index (χ0v) is 17.5. The maximum absolute atomic E-state index is 14.7. The quantitative estimate of drug-likeness (QED) is 0.456. The number of halogens is 6. The van der Waals surface area contributed by atoms with Gasteiger partial charge in [-0.25, -0.2) is 8.78 Å². The Balaban J connectivity index is 1.72. The molecule has 6 nitrogen and oxygen atoms in total. The molecular formula is C21H14ClF5N4O2. The highest BCUT2D eigenvalue weighted by atomic mass is 35.5. The van der Waals surface area contributed by atoms with E-state index in [2.05, 4.69) is 20.8 Å². The van der Waals surface area contributed by atoms with Crippen molar-refractivity contribution in [1.29, 1.82) is 0 Å². The van der Waals surface area contributed by atoms with Crippen molar-refractivity contribution in [3.8, 4) is 0 Å². The third kappa shape index (κ3) is 4.28. The molecule has 2 heterocycles. The highest BCUT2D eigenvalue weighted by Gasteiger charge is 2.36. The minimum atomic E-state index is -4.76. The van der Waals surface area contributed by atoms with Gasteiger partial charge in [-0.2, -0.15) is 18.3 Å². The van der Waals surface area contributed by atoms with Gasteiger partial charge in [0.05, 0.1) is 16.8 Å². The number of carbonyl (C=O) groups excluding carboxylic acids is 2. The number of nitrogens with one attached hydrogen (secondary N) is 3. The van der Waals surface area contributed by atoms with E-state index in [1.807, 2.05) is 0 Å². The van der Waals surface area contributed by atoms with Gasteiger partial charge in [-0.15, -0.1) is 0 Å². The summed E-state index contributed by atoms with van der Waals surface area (Å²) in [7, 11) is 0. The summed E-state index contributed by atoms with van der Waals surface area (Å²) in [5.41, 5.74) is -1.55. The van der Waals surface area contributed by atoms with Crippen LogP contribution in [-0.4, -0.2) is 22.0 Å². The lowest BCUT2D eigenvalue weighted by molar-refractivity contribution is -0.137. The molecule has 0 saturated carbocycles. The Bertz CT molecular complexity index is 1330. The van der Waals surface area contributed by atoms with Crippen LogP contribution in [0.3, 0.4) is 0 Å². The Kier molecular flexibility index (Phi) is 5.61. The third-order valence-electron chi connectivity index (χ3n) is 5.26. The van der Waals surface area contributed by atoms with Crippen molar-refractivity contribution >= 4 is 40.0 Å². The third-order valence-corrected chi connectivity index (χ3v) is 5.55. The molecule has 0 fully saturated rings. The SMILES string of the molecule is CC1=C(C(=O)Nc2cc3c(Cl)[nH]nc3cc2F)C(c2ccc(C(F)(F)F)cc2F)CC(=O)N1. The van der Waals surface area contributed by atoms with Crippen LogP contribution >= 0.6 is 11.6 Å². The molecule has 1 aliphatic heterocycles. The van der Waals surface area contributed by atoms with Crippen molar-refractivity contribution in [3.63, 3.8) is 0 Å². The number of benzene rings is 2. The van der Waals surface area contributed by atoms with Gasteiger partial charge in [0.25, 0.3) is 5.91 Å². The lowest BCUT2D eigenvalue weighted by Gasteiger charge is -2.27. The van der Waals surface area contributed by atoms with Crippen LogP contribution in [-0.2, 0) is 15.8 Å². The van der Waals surface area contributed by atoms with Crippen LogP contribution in [0.1, 0.15) is 30.4 Å².